The van der Waals surface area contributed by atoms with Crippen LogP contribution in [0.5, 0.6) is 0 Å². The van der Waals surface area contributed by atoms with Crippen LogP contribution in [0.3, 0.4) is 0 Å². The number of aromatic carboxylic acids is 1. The molecule has 0 bridgehead atoms. The van der Waals surface area contributed by atoms with Crippen molar-refractivity contribution in [3.8, 4) is 5.69 Å². The molecule has 2 aromatic rings. The van der Waals surface area contributed by atoms with Crippen LogP contribution < -0.4 is 0 Å². The van der Waals surface area contributed by atoms with Gasteiger partial charge in [0.2, 0.25) is 0 Å². The van der Waals surface area contributed by atoms with Crippen LogP contribution in [0.15, 0.2) is 35.2 Å². The summed E-state index contributed by atoms with van der Waals surface area (Å²) in [6.45, 7) is 0. The minimum absolute atomic E-state index is 0.139. The lowest BCUT2D eigenvalue weighted by molar-refractivity contribution is 0.0688. The Morgan fingerprint density at radius 1 is 1.56 bits per heavy atom. The normalized spacial score (nSPS) is 10.4. The molecule has 0 fully saturated rings. The average Bonchev–Trinajstić information content (AvgIpc) is 2.61. The van der Waals surface area contributed by atoms with Crippen LogP contribution in [0.4, 0.5) is 0 Å². The Balaban J connectivity index is 2.64. The molecule has 0 aliphatic rings. The van der Waals surface area contributed by atoms with E-state index in [0.717, 1.165) is 0 Å². The molecule has 0 atom stereocenters. The molecule has 16 heavy (non-hydrogen) atoms. The van der Waals surface area contributed by atoms with Gasteiger partial charge in [-0.15, -0.1) is 0 Å². The lowest BCUT2D eigenvalue weighted by Crippen LogP contribution is -2.06. The Hall–Kier alpha value is -1.33. The monoisotopic (exact) mass is 300 g/mol. The number of hydrogen-bond acceptors (Lipinski definition) is 2. The topological polar surface area (TPSA) is 55.1 Å². The minimum atomic E-state index is -1.02. The largest absolute Gasteiger partial charge is 0.477 e. The van der Waals surface area contributed by atoms with E-state index in [-0.39, 0.29) is 5.69 Å². The maximum atomic E-state index is 11.0. The standard InChI is InChI=1S/C10H6BrClN2O2/c11-6-3-9(10(15)16)14(5-6)8-1-2-13-4-7(8)12/h1-5H,(H,15,16). The van der Waals surface area contributed by atoms with E-state index in [1.54, 1.807) is 18.5 Å². The molecule has 0 aromatic carbocycles. The molecule has 2 aromatic heterocycles. The number of carbonyl (C=O) groups is 1. The Morgan fingerprint density at radius 3 is 2.94 bits per heavy atom. The number of aromatic nitrogens is 2. The second kappa shape index (κ2) is 4.27. The molecule has 0 spiro atoms. The summed E-state index contributed by atoms with van der Waals surface area (Å²) in [7, 11) is 0. The number of halogens is 2. The first-order valence-electron chi connectivity index (χ1n) is 4.30. The minimum Gasteiger partial charge on any atom is -0.477 e. The smallest absolute Gasteiger partial charge is 0.352 e. The van der Waals surface area contributed by atoms with Crippen molar-refractivity contribution in [2.45, 2.75) is 0 Å². The summed E-state index contributed by atoms with van der Waals surface area (Å²) in [5.41, 5.74) is 0.722. The first-order chi connectivity index (χ1) is 7.59. The lowest BCUT2D eigenvalue weighted by Gasteiger charge is -2.07. The van der Waals surface area contributed by atoms with Gasteiger partial charge in [-0.25, -0.2) is 4.79 Å². The number of carboxylic acids is 1. The van der Waals surface area contributed by atoms with Crippen molar-refractivity contribution in [3.05, 3.63) is 45.9 Å². The van der Waals surface area contributed by atoms with Crippen LogP contribution in [-0.2, 0) is 0 Å². The predicted molar refractivity (Wildman–Crippen MR) is 63.2 cm³/mol. The average molecular weight is 302 g/mol. The molecule has 2 heterocycles. The molecule has 0 aliphatic heterocycles. The van der Waals surface area contributed by atoms with E-state index in [1.807, 2.05) is 0 Å². The van der Waals surface area contributed by atoms with Gasteiger partial charge in [0.05, 0.1) is 10.7 Å². The summed E-state index contributed by atoms with van der Waals surface area (Å²) in [5, 5.41) is 9.43. The molecule has 82 valence electrons. The molecule has 0 amide bonds. The number of nitrogens with zero attached hydrogens (tertiary/aromatic N) is 2. The van der Waals surface area contributed by atoms with Crippen LogP contribution in [0.1, 0.15) is 10.5 Å². The van der Waals surface area contributed by atoms with Crippen LogP contribution in [0, 0.1) is 0 Å². The van der Waals surface area contributed by atoms with Gasteiger partial charge in [-0.05, 0) is 28.1 Å². The van der Waals surface area contributed by atoms with Gasteiger partial charge in [0.25, 0.3) is 0 Å². The van der Waals surface area contributed by atoms with Crippen LogP contribution in [0.25, 0.3) is 5.69 Å². The van der Waals surface area contributed by atoms with Crippen molar-refractivity contribution in [2.24, 2.45) is 0 Å². The fourth-order valence-corrected chi connectivity index (χ4v) is 1.99. The van der Waals surface area contributed by atoms with Crippen LogP contribution in [0.2, 0.25) is 5.02 Å². The molecular formula is C10H6BrClN2O2. The van der Waals surface area contributed by atoms with E-state index in [9.17, 15) is 4.79 Å². The van der Waals surface area contributed by atoms with Gasteiger partial charge in [0.15, 0.2) is 0 Å². The third kappa shape index (κ3) is 1.96. The summed E-state index contributed by atoms with van der Waals surface area (Å²) in [6.07, 6.45) is 4.67. The molecule has 0 unspecified atom stereocenters. The number of carboxylic acid groups (broad SMARTS) is 1. The third-order valence-electron chi connectivity index (χ3n) is 2.02. The second-order valence-corrected chi connectivity index (χ2v) is 4.37. The highest BCUT2D eigenvalue weighted by Gasteiger charge is 2.14. The molecule has 6 heteroatoms. The quantitative estimate of drug-likeness (QED) is 0.927. The highest BCUT2D eigenvalue weighted by atomic mass is 79.9. The predicted octanol–water partition coefficient (Wildman–Crippen LogP) is 2.99. The van der Waals surface area contributed by atoms with Gasteiger partial charge < -0.3 is 9.67 Å². The van der Waals surface area contributed by atoms with E-state index >= 15 is 0 Å². The molecule has 4 nitrogen and oxygen atoms in total. The Bertz CT molecular complexity index is 554. The zero-order valence-electron chi connectivity index (χ0n) is 7.89. The first kappa shape index (κ1) is 11.2. The summed E-state index contributed by atoms with van der Waals surface area (Å²) in [5.74, 6) is -1.02. The molecule has 1 N–H and O–H groups in total. The molecule has 0 aliphatic carbocycles. The van der Waals surface area contributed by atoms with E-state index in [4.69, 9.17) is 16.7 Å². The fraction of sp³-hybridized carbons (Fsp3) is 0. The van der Waals surface area contributed by atoms with Gasteiger partial charge in [0, 0.05) is 23.1 Å². The second-order valence-electron chi connectivity index (χ2n) is 3.05. The van der Waals surface area contributed by atoms with Gasteiger partial charge in [-0.2, -0.15) is 0 Å². The molecule has 0 saturated heterocycles. The third-order valence-corrected chi connectivity index (χ3v) is 2.74. The SMILES string of the molecule is O=C(O)c1cc(Br)cn1-c1ccncc1Cl. The van der Waals surface area contributed by atoms with Crippen molar-refractivity contribution in [1.29, 1.82) is 0 Å². The zero-order chi connectivity index (χ0) is 11.7. The summed E-state index contributed by atoms with van der Waals surface area (Å²) in [4.78, 5) is 14.9. The summed E-state index contributed by atoms with van der Waals surface area (Å²) < 4.78 is 2.17. The number of pyridine rings is 1. The van der Waals surface area contributed by atoms with E-state index < -0.39 is 5.97 Å². The van der Waals surface area contributed by atoms with Crippen molar-refractivity contribution in [3.63, 3.8) is 0 Å². The fourth-order valence-electron chi connectivity index (χ4n) is 1.36. The van der Waals surface area contributed by atoms with Crippen LogP contribution >= 0.6 is 27.5 Å². The van der Waals surface area contributed by atoms with Crippen molar-refractivity contribution < 1.29 is 9.90 Å². The Labute approximate surface area is 105 Å². The van der Waals surface area contributed by atoms with Gasteiger partial charge in [-0.1, -0.05) is 11.6 Å². The summed E-state index contributed by atoms with van der Waals surface area (Å²) >= 11 is 9.18. The van der Waals surface area contributed by atoms with Gasteiger partial charge in [0.1, 0.15) is 5.69 Å². The van der Waals surface area contributed by atoms with E-state index in [0.29, 0.717) is 15.2 Å². The van der Waals surface area contributed by atoms with Gasteiger partial charge >= 0.3 is 5.97 Å². The number of hydrogen-bond donors (Lipinski definition) is 1. The zero-order valence-corrected chi connectivity index (χ0v) is 10.2. The maximum absolute atomic E-state index is 11.0. The van der Waals surface area contributed by atoms with Crippen molar-refractivity contribution in [1.82, 2.24) is 9.55 Å². The highest BCUT2D eigenvalue weighted by molar-refractivity contribution is 9.10. The summed E-state index contributed by atoms with van der Waals surface area (Å²) in [6, 6.07) is 3.17. The molecule has 0 saturated carbocycles. The Morgan fingerprint density at radius 2 is 2.31 bits per heavy atom. The van der Waals surface area contributed by atoms with Gasteiger partial charge in [-0.3, -0.25) is 4.98 Å². The van der Waals surface area contributed by atoms with E-state index in [1.165, 1.54) is 16.8 Å². The van der Waals surface area contributed by atoms with Crippen molar-refractivity contribution in [2.75, 3.05) is 0 Å². The number of rotatable bonds is 2. The maximum Gasteiger partial charge on any atom is 0.352 e. The van der Waals surface area contributed by atoms with E-state index in [2.05, 4.69) is 20.9 Å². The van der Waals surface area contributed by atoms with Crippen LogP contribution in [-0.4, -0.2) is 20.6 Å². The molecule has 2 rings (SSSR count). The Kier molecular flexibility index (Phi) is 2.98. The highest BCUT2D eigenvalue weighted by Crippen LogP contribution is 2.24. The first-order valence-corrected chi connectivity index (χ1v) is 5.48. The van der Waals surface area contributed by atoms with Crippen molar-refractivity contribution >= 4 is 33.5 Å². The molecule has 0 radical (unpaired) electrons. The lowest BCUT2D eigenvalue weighted by atomic mass is 10.3. The molecular weight excluding hydrogens is 295 g/mol.